The van der Waals surface area contributed by atoms with Crippen LogP contribution >= 0.6 is 0 Å². The van der Waals surface area contributed by atoms with Gasteiger partial charge in [-0.1, -0.05) is 11.1 Å². The fourth-order valence-corrected chi connectivity index (χ4v) is 4.20. The zero-order valence-corrected chi connectivity index (χ0v) is 8.19. The largest absolute Gasteiger partial charge is 0.0705 e. The second-order valence-electron chi connectivity index (χ2n) is 5.24. The Morgan fingerprint density at radius 3 is 2.75 bits per heavy atom. The highest BCUT2D eigenvalue weighted by Crippen LogP contribution is 2.63. The third-order valence-corrected chi connectivity index (χ3v) is 5.09. The fourth-order valence-electron chi connectivity index (χ4n) is 4.20. The van der Waals surface area contributed by atoms with Crippen LogP contribution in [0.5, 0.6) is 0 Å². The van der Waals surface area contributed by atoms with Gasteiger partial charge in [0.15, 0.2) is 0 Å². The average Bonchev–Trinajstić information content (AvgIpc) is 2.38. The third-order valence-electron chi connectivity index (χ3n) is 5.09. The summed E-state index contributed by atoms with van der Waals surface area (Å²) >= 11 is 0. The lowest BCUT2D eigenvalue weighted by atomic mass is 9.59. The first-order valence-corrected chi connectivity index (χ1v) is 5.41. The van der Waals surface area contributed by atoms with Gasteiger partial charge in [0.25, 0.3) is 0 Å². The Hall–Kier alpha value is -0.260. The number of rotatable bonds is 0. The minimum Gasteiger partial charge on any atom is -0.0705 e. The van der Waals surface area contributed by atoms with E-state index in [1.807, 2.05) is 0 Å². The average molecular weight is 162 g/mol. The molecule has 0 N–H and O–H groups in total. The first-order chi connectivity index (χ1) is 5.73. The molecule has 4 aliphatic rings. The van der Waals surface area contributed by atoms with Crippen LogP contribution in [0.1, 0.15) is 46.0 Å². The molecule has 0 aliphatic heterocycles. The highest BCUT2D eigenvalue weighted by atomic mass is 14.6. The monoisotopic (exact) mass is 162 g/mol. The van der Waals surface area contributed by atoms with E-state index in [9.17, 15) is 0 Å². The van der Waals surface area contributed by atoms with Gasteiger partial charge in [-0.15, -0.1) is 0 Å². The van der Waals surface area contributed by atoms with E-state index in [2.05, 4.69) is 13.8 Å². The summed E-state index contributed by atoms with van der Waals surface area (Å²) in [4.78, 5) is 0. The van der Waals surface area contributed by atoms with Gasteiger partial charge in [-0.3, -0.25) is 0 Å². The molecule has 2 saturated carbocycles. The normalized spacial score (nSPS) is 50.5. The SMILES string of the molecule is CC1=C(C)C23CCC(C2)C1CC3. The lowest BCUT2D eigenvalue weighted by Gasteiger charge is -2.46. The van der Waals surface area contributed by atoms with Crippen molar-refractivity contribution >= 4 is 0 Å². The molecule has 4 rings (SSSR count). The van der Waals surface area contributed by atoms with Crippen molar-refractivity contribution in [3.05, 3.63) is 11.1 Å². The number of allylic oxidation sites excluding steroid dienone is 2. The van der Waals surface area contributed by atoms with Crippen LogP contribution in [-0.4, -0.2) is 0 Å². The van der Waals surface area contributed by atoms with Crippen LogP contribution in [0.25, 0.3) is 0 Å². The molecule has 4 aliphatic carbocycles. The van der Waals surface area contributed by atoms with Crippen molar-refractivity contribution in [2.24, 2.45) is 17.3 Å². The smallest absolute Gasteiger partial charge is 0.00850 e. The molecule has 3 bridgehead atoms. The summed E-state index contributed by atoms with van der Waals surface area (Å²) in [7, 11) is 0. The van der Waals surface area contributed by atoms with Crippen LogP contribution in [-0.2, 0) is 0 Å². The van der Waals surface area contributed by atoms with Gasteiger partial charge in [0.1, 0.15) is 0 Å². The van der Waals surface area contributed by atoms with Crippen molar-refractivity contribution in [1.29, 1.82) is 0 Å². The minimum atomic E-state index is 0.712. The van der Waals surface area contributed by atoms with E-state index in [0.717, 1.165) is 11.8 Å². The predicted octanol–water partition coefficient (Wildman–Crippen LogP) is 3.53. The highest BCUT2D eigenvalue weighted by molar-refractivity contribution is 5.31. The molecule has 1 spiro atoms. The van der Waals surface area contributed by atoms with E-state index in [-0.39, 0.29) is 0 Å². The molecule has 0 aromatic rings. The molecule has 0 radical (unpaired) electrons. The molecular formula is C12H18. The standard InChI is InChI=1S/C12H18/c1-8-9(2)12-5-3-10(7-12)11(8)4-6-12/h10-11H,3-7H2,1-2H3. The second-order valence-corrected chi connectivity index (χ2v) is 5.24. The van der Waals surface area contributed by atoms with E-state index < -0.39 is 0 Å². The lowest BCUT2D eigenvalue weighted by molar-refractivity contribution is 0.178. The van der Waals surface area contributed by atoms with Crippen LogP contribution < -0.4 is 0 Å². The summed E-state index contributed by atoms with van der Waals surface area (Å²) in [5.41, 5.74) is 4.27. The number of hydrogen-bond acceptors (Lipinski definition) is 0. The Labute approximate surface area is 75.0 Å². The first kappa shape index (κ1) is 7.17. The summed E-state index contributed by atoms with van der Waals surface area (Å²) in [5, 5.41) is 0. The van der Waals surface area contributed by atoms with E-state index in [1.165, 1.54) is 25.7 Å². The molecule has 0 aromatic carbocycles. The maximum atomic E-state index is 2.41. The molecular weight excluding hydrogens is 144 g/mol. The third kappa shape index (κ3) is 0.616. The number of hydrogen-bond donors (Lipinski definition) is 0. The molecule has 0 heteroatoms. The summed E-state index contributed by atoms with van der Waals surface area (Å²) in [5.74, 6) is 2.08. The lowest BCUT2D eigenvalue weighted by Crippen LogP contribution is -2.34. The number of fused-ring (bicyclic) bond motifs is 1. The maximum absolute atomic E-state index is 2.41. The Morgan fingerprint density at radius 1 is 1.17 bits per heavy atom. The van der Waals surface area contributed by atoms with Gasteiger partial charge in [0.2, 0.25) is 0 Å². The summed E-state index contributed by atoms with van der Waals surface area (Å²) in [6.45, 7) is 4.80. The van der Waals surface area contributed by atoms with Crippen molar-refractivity contribution in [2.45, 2.75) is 46.0 Å². The molecule has 3 unspecified atom stereocenters. The Morgan fingerprint density at radius 2 is 1.92 bits per heavy atom. The van der Waals surface area contributed by atoms with E-state index in [1.54, 1.807) is 17.6 Å². The summed E-state index contributed by atoms with van der Waals surface area (Å²) in [6.07, 6.45) is 7.60. The van der Waals surface area contributed by atoms with Gasteiger partial charge in [-0.25, -0.2) is 0 Å². The van der Waals surface area contributed by atoms with Gasteiger partial charge in [0, 0.05) is 0 Å². The van der Waals surface area contributed by atoms with Gasteiger partial charge in [-0.2, -0.15) is 0 Å². The van der Waals surface area contributed by atoms with Crippen molar-refractivity contribution in [1.82, 2.24) is 0 Å². The van der Waals surface area contributed by atoms with Crippen LogP contribution in [0.3, 0.4) is 0 Å². The quantitative estimate of drug-likeness (QED) is 0.478. The first-order valence-electron chi connectivity index (χ1n) is 5.41. The van der Waals surface area contributed by atoms with Gasteiger partial charge in [0.05, 0.1) is 0 Å². The molecule has 3 atom stereocenters. The zero-order valence-electron chi connectivity index (χ0n) is 8.19. The molecule has 12 heavy (non-hydrogen) atoms. The maximum Gasteiger partial charge on any atom is -0.00850 e. The topological polar surface area (TPSA) is 0 Å². The predicted molar refractivity (Wildman–Crippen MR) is 50.9 cm³/mol. The van der Waals surface area contributed by atoms with Gasteiger partial charge >= 0.3 is 0 Å². The van der Waals surface area contributed by atoms with E-state index in [0.29, 0.717) is 5.41 Å². The van der Waals surface area contributed by atoms with Crippen LogP contribution in [0.2, 0.25) is 0 Å². The van der Waals surface area contributed by atoms with E-state index in [4.69, 9.17) is 0 Å². The van der Waals surface area contributed by atoms with Crippen molar-refractivity contribution in [3.63, 3.8) is 0 Å². The zero-order chi connectivity index (χ0) is 8.34. The summed E-state index contributed by atoms with van der Waals surface area (Å²) in [6, 6.07) is 0. The minimum absolute atomic E-state index is 0.712. The Kier molecular flexibility index (Phi) is 1.18. The second kappa shape index (κ2) is 1.97. The molecule has 0 nitrogen and oxygen atoms in total. The Bertz CT molecular complexity index is 257. The Balaban J connectivity index is 2.18. The molecule has 0 heterocycles. The van der Waals surface area contributed by atoms with Crippen molar-refractivity contribution < 1.29 is 0 Å². The van der Waals surface area contributed by atoms with Crippen molar-refractivity contribution in [2.75, 3.05) is 0 Å². The van der Waals surface area contributed by atoms with Gasteiger partial charge < -0.3 is 0 Å². The van der Waals surface area contributed by atoms with E-state index >= 15 is 0 Å². The van der Waals surface area contributed by atoms with Crippen LogP contribution in [0.15, 0.2) is 11.1 Å². The molecule has 0 amide bonds. The summed E-state index contributed by atoms with van der Waals surface area (Å²) < 4.78 is 0. The fraction of sp³-hybridized carbons (Fsp3) is 0.833. The molecule has 66 valence electrons. The van der Waals surface area contributed by atoms with Gasteiger partial charge in [-0.05, 0) is 63.2 Å². The molecule has 2 fully saturated rings. The van der Waals surface area contributed by atoms with Crippen LogP contribution in [0.4, 0.5) is 0 Å². The van der Waals surface area contributed by atoms with Crippen LogP contribution in [0, 0.1) is 17.3 Å². The van der Waals surface area contributed by atoms with Crippen molar-refractivity contribution in [3.8, 4) is 0 Å². The highest BCUT2D eigenvalue weighted by Gasteiger charge is 2.51. The molecule has 0 aromatic heterocycles. The molecule has 0 saturated heterocycles.